The van der Waals surface area contributed by atoms with E-state index in [1.807, 2.05) is 44.0 Å². The summed E-state index contributed by atoms with van der Waals surface area (Å²) >= 11 is 6.14. The summed E-state index contributed by atoms with van der Waals surface area (Å²) in [5, 5.41) is 8.09. The number of aromatic nitrogens is 4. The van der Waals surface area contributed by atoms with E-state index in [0.717, 1.165) is 11.3 Å². The highest BCUT2D eigenvalue weighted by Crippen LogP contribution is 2.44. The summed E-state index contributed by atoms with van der Waals surface area (Å²) in [6.45, 7) is 1.99. The highest BCUT2D eigenvalue weighted by molar-refractivity contribution is 6.30. The SMILES string of the molecule is Cc1cc(N2C(=O)c3c(CC(=O)CN(C)C)cn(C)c3C2c2ccc(Cl)cc2)cn2c(C(F)F)nnc12. The number of aryl methyl sites for hydroxylation is 2. The van der Waals surface area contributed by atoms with Crippen molar-refractivity contribution in [2.45, 2.75) is 25.8 Å². The molecule has 3 aromatic heterocycles. The van der Waals surface area contributed by atoms with Gasteiger partial charge in [-0.3, -0.25) is 18.9 Å². The van der Waals surface area contributed by atoms with Gasteiger partial charge in [0.25, 0.3) is 12.3 Å². The van der Waals surface area contributed by atoms with Crippen molar-refractivity contribution in [2.24, 2.45) is 7.05 Å². The molecule has 0 fully saturated rings. The zero-order valence-electron chi connectivity index (χ0n) is 20.7. The van der Waals surface area contributed by atoms with Crippen LogP contribution in [0.4, 0.5) is 14.5 Å². The van der Waals surface area contributed by atoms with Crippen LogP contribution in [0.5, 0.6) is 0 Å². The summed E-state index contributed by atoms with van der Waals surface area (Å²) < 4.78 is 30.4. The van der Waals surface area contributed by atoms with Gasteiger partial charge in [-0.1, -0.05) is 23.7 Å². The molecule has 1 aliphatic rings. The standard InChI is InChI=1S/C26H25ClF2N6O2/c1-14-9-18(12-34-24(14)30-31-25(34)23(28)29)35-21(15-5-7-17(27)8-6-15)22-20(26(35)37)16(11-33(22)4)10-19(36)13-32(2)3/h5-9,11-12,21,23H,10,13H2,1-4H3. The van der Waals surface area contributed by atoms with Gasteiger partial charge in [-0.25, -0.2) is 8.78 Å². The van der Waals surface area contributed by atoms with Gasteiger partial charge >= 0.3 is 0 Å². The van der Waals surface area contributed by atoms with Gasteiger partial charge < -0.3 is 9.47 Å². The molecule has 11 heteroatoms. The Kier molecular flexibility index (Phi) is 6.33. The summed E-state index contributed by atoms with van der Waals surface area (Å²) in [6.07, 6.45) is 0.553. The Labute approximate surface area is 217 Å². The number of alkyl halides is 2. The van der Waals surface area contributed by atoms with Crippen LogP contribution in [0.15, 0.2) is 42.7 Å². The van der Waals surface area contributed by atoms with Crippen molar-refractivity contribution in [3.63, 3.8) is 0 Å². The Morgan fingerprint density at radius 2 is 1.86 bits per heavy atom. The Balaban J connectivity index is 1.69. The van der Waals surface area contributed by atoms with E-state index in [0.29, 0.717) is 33.0 Å². The molecule has 37 heavy (non-hydrogen) atoms. The van der Waals surface area contributed by atoms with Gasteiger partial charge in [0.05, 0.1) is 23.5 Å². The third-order valence-corrected chi connectivity index (χ3v) is 6.75. The monoisotopic (exact) mass is 526 g/mol. The van der Waals surface area contributed by atoms with E-state index in [4.69, 9.17) is 11.6 Å². The summed E-state index contributed by atoms with van der Waals surface area (Å²) in [5.74, 6) is -0.827. The lowest BCUT2D eigenvalue weighted by Gasteiger charge is -2.27. The first-order chi connectivity index (χ1) is 17.6. The van der Waals surface area contributed by atoms with Gasteiger partial charge in [0.2, 0.25) is 5.82 Å². The molecule has 1 aromatic carbocycles. The number of Topliss-reactive ketones (excluding diaryl/α,β-unsaturated/α-hetero) is 1. The number of hydrogen-bond donors (Lipinski definition) is 0. The fraction of sp³-hybridized carbons (Fsp3) is 0.308. The van der Waals surface area contributed by atoms with Gasteiger partial charge in [-0.2, -0.15) is 0 Å². The maximum absolute atomic E-state index is 14.1. The smallest absolute Gasteiger partial charge is 0.297 e. The van der Waals surface area contributed by atoms with Crippen molar-refractivity contribution in [1.29, 1.82) is 0 Å². The van der Waals surface area contributed by atoms with Crippen LogP contribution >= 0.6 is 11.6 Å². The molecule has 1 unspecified atom stereocenters. The minimum atomic E-state index is -2.84. The average Bonchev–Trinajstić information content (AvgIpc) is 3.47. The minimum Gasteiger partial charge on any atom is -0.351 e. The van der Waals surface area contributed by atoms with Crippen LogP contribution in [0, 0.1) is 6.92 Å². The molecule has 4 heterocycles. The number of anilines is 1. The van der Waals surface area contributed by atoms with E-state index >= 15 is 0 Å². The molecule has 8 nitrogen and oxygen atoms in total. The fourth-order valence-corrected chi connectivity index (χ4v) is 5.18. The van der Waals surface area contributed by atoms with Crippen molar-refractivity contribution in [3.05, 3.63) is 81.5 Å². The third kappa shape index (κ3) is 4.30. The molecule has 0 saturated heterocycles. The Hall–Kier alpha value is -3.63. The number of likely N-dealkylation sites (N-methyl/N-ethyl adjacent to an activating group) is 1. The lowest BCUT2D eigenvalue weighted by Crippen LogP contribution is -2.30. The summed E-state index contributed by atoms with van der Waals surface area (Å²) in [5.41, 5.74) is 3.89. The number of carbonyl (C=O) groups is 2. The van der Waals surface area contributed by atoms with Gasteiger partial charge in [0.15, 0.2) is 11.4 Å². The van der Waals surface area contributed by atoms with E-state index in [1.54, 1.807) is 34.9 Å². The van der Waals surface area contributed by atoms with Crippen molar-refractivity contribution in [3.8, 4) is 0 Å². The average molecular weight is 527 g/mol. The predicted octanol–water partition coefficient (Wildman–Crippen LogP) is 4.39. The quantitative estimate of drug-likeness (QED) is 0.357. The maximum Gasteiger partial charge on any atom is 0.297 e. The normalized spacial score (nSPS) is 15.4. The van der Waals surface area contributed by atoms with Crippen molar-refractivity contribution in [1.82, 2.24) is 24.1 Å². The Bertz CT molecular complexity index is 1530. The molecule has 0 radical (unpaired) electrons. The van der Waals surface area contributed by atoms with E-state index < -0.39 is 18.3 Å². The fourth-order valence-electron chi connectivity index (χ4n) is 5.05. The van der Waals surface area contributed by atoms with E-state index in [9.17, 15) is 18.4 Å². The molecule has 4 aromatic rings. The highest BCUT2D eigenvalue weighted by atomic mass is 35.5. The third-order valence-electron chi connectivity index (χ3n) is 6.50. The number of ketones is 1. The van der Waals surface area contributed by atoms with E-state index in [1.165, 1.54) is 10.6 Å². The summed E-state index contributed by atoms with van der Waals surface area (Å²) in [4.78, 5) is 30.1. The van der Waals surface area contributed by atoms with Gasteiger partial charge in [-0.15, -0.1) is 10.2 Å². The van der Waals surface area contributed by atoms with Crippen LogP contribution in [0.2, 0.25) is 5.02 Å². The maximum atomic E-state index is 14.1. The second-order valence-corrected chi connectivity index (χ2v) is 9.98. The van der Waals surface area contributed by atoms with E-state index in [-0.39, 0.29) is 24.7 Å². The molecular formula is C26H25ClF2N6O2. The predicted molar refractivity (Wildman–Crippen MR) is 135 cm³/mol. The zero-order chi connectivity index (χ0) is 26.6. The molecule has 0 aliphatic carbocycles. The molecule has 5 rings (SSSR count). The van der Waals surface area contributed by atoms with Crippen LogP contribution in [-0.2, 0) is 18.3 Å². The van der Waals surface area contributed by atoms with Gasteiger partial charge in [0.1, 0.15) is 6.04 Å². The Morgan fingerprint density at radius 3 is 2.51 bits per heavy atom. The topological polar surface area (TPSA) is 75.7 Å². The number of amides is 1. The van der Waals surface area contributed by atoms with Crippen molar-refractivity contribution in [2.75, 3.05) is 25.5 Å². The van der Waals surface area contributed by atoms with Crippen LogP contribution in [0.1, 0.15) is 51.0 Å². The van der Waals surface area contributed by atoms with Gasteiger partial charge in [0, 0.05) is 30.9 Å². The number of nitrogens with zero attached hydrogens (tertiary/aromatic N) is 6. The lowest BCUT2D eigenvalue weighted by atomic mass is 10.0. The van der Waals surface area contributed by atoms with Crippen molar-refractivity contribution >= 4 is 34.6 Å². The van der Waals surface area contributed by atoms with Crippen LogP contribution < -0.4 is 4.90 Å². The summed E-state index contributed by atoms with van der Waals surface area (Å²) in [6, 6.07) is 8.33. The lowest BCUT2D eigenvalue weighted by molar-refractivity contribution is -0.119. The van der Waals surface area contributed by atoms with Crippen LogP contribution in [0.25, 0.3) is 5.65 Å². The Morgan fingerprint density at radius 1 is 1.16 bits per heavy atom. The molecular weight excluding hydrogens is 502 g/mol. The molecule has 0 N–H and O–H groups in total. The van der Waals surface area contributed by atoms with Gasteiger partial charge in [-0.05, 0) is 55.9 Å². The van der Waals surface area contributed by atoms with Crippen molar-refractivity contribution < 1.29 is 18.4 Å². The molecule has 1 aliphatic heterocycles. The highest BCUT2D eigenvalue weighted by Gasteiger charge is 2.43. The number of hydrogen-bond acceptors (Lipinski definition) is 5. The number of rotatable bonds is 7. The molecule has 0 bridgehead atoms. The molecule has 0 saturated carbocycles. The number of fused-ring (bicyclic) bond motifs is 2. The second kappa shape index (κ2) is 9.35. The number of pyridine rings is 1. The number of benzene rings is 1. The van der Waals surface area contributed by atoms with Crippen LogP contribution in [0.3, 0.4) is 0 Å². The minimum absolute atomic E-state index is 0.0176. The summed E-state index contributed by atoms with van der Waals surface area (Å²) in [7, 11) is 5.46. The first-order valence-electron chi connectivity index (χ1n) is 11.6. The molecule has 0 spiro atoms. The van der Waals surface area contributed by atoms with E-state index in [2.05, 4.69) is 10.2 Å². The first-order valence-corrected chi connectivity index (χ1v) is 12.0. The second-order valence-electron chi connectivity index (χ2n) is 9.54. The first kappa shape index (κ1) is 25.0. The largest absolute Gasteiger partial charge is 0.351 e. The van der Waals surface area contributed by atoms with Crippen LogP contribution in [-0.4, -0.2) is 56.4 Å². The molecule has 192 valence electrons. The molecule has 1 atom stereocenters. The molecule has 1 amide bonds. The number of halogens is 3. The number of carbonyl (C=O) groups excluding carboxylic acids is 2. The zero-order valence-corrected chi connectivity index (χ0v) is 21.5.